The second kappa shape index (κ2) is 5.07. The standard InChI is InChI=1S/C9H20FIOSi/c1-9(2,3)13(4,5)12-7-8(10)6-11/h8H,6-7H2,1-5H3. The summed E-state index contributed by atoms with van der Waals surface area (Å²) < 4.78 is 19.2. The Morgan fingerprint density at radius 2 is 1.85 bits per heavy atom. The topological polar surface area (TPSA) is 9.23 Å². The molecule has 0 aliphatic heterocycles. The van der Waals surface area contributed by atoms with Crippen molar-refractivity contribution in [3.05, 3.63) is 0 Å². The minimum atomic E-state index is -1.73. The molecule has 0 saturated carbocycles. The molecule has 0 aromatic rings. The van der Waals surface area contributed by atoms with Crippen molar-refractivity contribution < 1.29 is 8.82 Å². The van der Waals surface area contributed by atoms with Gasteiger partial charge in [-0.1, -0.05) is 43.4 Å². The Kier molecular flexibility index (Phi) is 5.40. The summed E-state index contributed by atoms with van der Waals surface area (Å²) in [4.78, 5) is 0. The molecule has 0 bridgehead atoms. The summed E-state index contributed by atoms with van der Waals surface area (Å²) in [5.41, 5.74) is 0. The maximum absolute atomic E-state index is 12.9. The minimum absolute atomic E-state index is 0.179. The van der Waals surface area contributed by atoms with Gasteiger partial charge in [-0.2, -0.15) is 0 Å². The van der Waals surface area contributed by atoms with Crippen molar-refractivity contribution in [2.75, 3.05) is 11.0 Å². The third-order valence-electron chi connectivity index (χ3n) is 2.60. The first-order chi connectivity index (χ1) is 5.70. The third-order valence-corrected chi connectivity index (χ3v) is 8.06. The van der Waals surface area contributed by atoms with Gasteiger partial charge in [-0.25, -0.2) is 4.39 Å². The van der Waals surface area contributed by atoms with Crippen molar-refractivity contribution in [3.8, 4) is 0 Å². The molecule has 1 unspecified atom stereocenters. The number of alkyl halides is 2. The molecule has 0 aromatic carbocycles. The Morgan fingerprint density at radius 3 is 2.15 bits per heavy atom. The van der Waals surface area contributed by atoms with E-state index in [2.05, 4.69) is 33.9 Å². The smallest absolute Gasteiger partial charge is 0.192 e. The summed E-state index contributed by atoms with van der Waals surface area (Å²) in [5.74, 6) is 0. The highest BCUT2D eigenvalue weighted by Crippen LogP contribution is 2.36. The molecule has 0 heterocycles. The number of hydrogen-bond acceptors (Lipinski definition) is 1. The molecule has 0 fully saturated rings. The Hall–Kier alpha value is 0.837. The van der Waals surface area contributed by atoms with Crippen LogP contribution in [0, 0.1) is 0 Å². The van der Waals surface area contributed by atoms with Crippen LogP contribution in [0.15, 0.2) is 0 Å². The molecule has 0 saturated heterocycles. The highest BCUT2D eigenvalue weighted by atomic mass is 127. The minimum Gasteiger partial charge on any atom is -0.414 e. The fraction of sp³-hybridized carbons (Fsp3) is 1.00. The molecule has 0 spiro atoms. The van der Waals surface area contributed by atoms with Crippen molar-refractivity contribution in [2.24, 2.45) is 0 Å². The molecular weight excluding hydrogens is 298 g/mol. The molecule has 0 aromatic heterocycles. The Bertz CT molecular complexity index is 156. The Morgan fingerprint density at radius 1 is 1.38 bits per heavy atom. The summed E-state index contributed by atoms with van der Waals surface area (Å²) in [6.45, 7) is 11.0. The fourth-order valence-corrected chi connectivity index (χ4v) is 1.84. The molecule has 0 N–H and O–H groups in total. The van der Waals surface area contributed by atoms with Crippen molar-refractivity contribution in [2.45, 2.75) is 45.1 Å². The zero-order valence-electron chi connectivity index (χ0n) is 9.16. The molecule has 13 heavy (non-hydrogen) atoms. The molecule has 1 atom stereocenters. The second-order valence-electron chi connectivity index (χ2n) is 4.82. The van der Waals surface area contributed by atoms with Gasteiger partial charge in [0.05, 0.1) is 6.61 Å². The zero-order valence-corrected chi connectivity index (χ0v) is 12.3. The highest BCUT2D eigenvalue weighted by Gasteiger charge is 2.37. The van der Waals surface area contributed by atoms with E-state index in [0.717, 1.165) is 0 Å². The van der Waals surface area contributed by atoms with Crippen LogP contribution in [0.2, 0.25) is 18.1 Å². The van der Waals surface area contributed by atoms with Gasteiger partial charge >= 0.3 is 0 Å². The van der Waals surface area contributed by atoms with Crippen LogP contribution in [0.4, 0.5) is 4.39 Å². The molecule has 0 radical (unpaired) electrons. The Balaban J connectivity index is 4.04. The average molecular weight is 318 g/mol. The van der Waals surface area contributed by atoms with E-state index in [1.54, 1.807) is 0 Å². The molecular formula is C9H20FIOSi. The molecule has 80 valence electrons. The predicted octanol–water partition coefficient (Wildman–Crippen LogP) is 3.78. The summed E-state index contributed by atoms with van der Waals surface area (Å²) in [7, 11) is -1.73. The van der Waals surface area contributed by atoms with Gasteiger partial charge in [-0.15, -0.1) is 0 Å². The first kappa shape index (κ1) is 13.8. The van der Waals surface area contributed by atoms with Crippen LogP contribution in [0.1, 0.15) is 20.8 Å². The van der Waals surface area contributed by atoms with Gasteiger partial charge in [-0.05, 0) is 18.1 Å². The van der Waals surface area contributed by atoms with Crippen LogP contribution in [-0.4, -0.2) is 25.5 Å². The molecule has 0 amide bonds. The summed E-state index contributed by atoms with van der Waals surface area (Å²) in [6, 6.07) is 0. The second-order valence-corrected chi connectivity index (χ2v) is 10.5. The van der Waals surface area contributed by atoms with E-state index in [1.165, 1.54) is 0 Å². The van der Waals surface area contributed by atoms with E-state index in [9.17, 15) is 4.39 Å². The highest BCUT2D eigenvalue weighted by molar-refractivity contribution is 14.1. The average Bonchev–Trinajstić information content (AvgIpc) is 1.98. The van der Waals surface area contributed by atoms with Crippen LogP contribution in [0.3, 0.4) is 0 Å². The maximum Gasteiger partial charge on any atom is 0.192 e. The first-order valence-electron chi connectivity index (χ1n) is 4.54. The van der Waals surface area contributed by atoms with Gasteiger partial charge in [0.2, 0.25) is 0 Å². The normalized spacial score (nSPS) is 15.9. The van der Waals surface area contributed by atoms with Gasteiger partial charge in [0, 0.05) is 4.43 Å². The van der Waals surface area contributed by atoms with E-state index in [-0.39, 0.29) is 11.6 Å². The van der Waals surface area contributed by atoms with Crippen LogP contribution in [-0.2, 0) is 4.43 Å². The lowest BCUT2D eigenvalue weighted by Crippen LogP contribution is -2.42. The lowest BCUT2D eigenvalue weighted by Gasteiger charge is -2.36. The van der Waals surface area contributed by atoms with Crippen LogP contribution >= 0.6 is 22.6 Å². The van der Waals surface area contributed by atoms with Gasteiger partial charge in [0.1, 0.15) is 6.17 Å². The molecule has 0 aliphatic carbocycles. The van der Waals surface area contributed by atoms with Crippen molar-refractivity contribution >= 4 is 30.9 Å². The lowest BCUT2D eigenvalue weighted by atomic mass is 10.2. The predicted molar refractivity (Wildman–Crippen MR) is 66.9 cm³/mol. The lowest BCUT2D eigenvalue weighted by molar-refractivity contribution is 0.199. The molecule has 1 nitrogen and oxygen atoms in total. The van der Waals surface area contributed by atoms with E-state index in [1.807, 2.05) is 22.6 Å². The van der Waals surface area contributed by atoms with Crippen molar-refractivity contribution in [3.63, 3.8) is 0 Å². The molecule has 0 rings (SSSR count). The fourth-order valence-electron chi connectivity index (χ4n) is 0.560. The van der Waals surface area contributed by atoms with Crippen LogP contribution in [0.5, 0.6) is 0 Å². The van der Waals surface area contributed by atoms with E-state index < -0.39 is 14.5 Å². The van der Waals surface area contributed by atoms with Gasteiger partial charge in [0.25, 0.3) is 0 Å². The van der Waals surface area contributed by atoms with E-state index in [0.29, 0.717) is 4.43 Å². The van der Waals surface area contributed by atoms with Gasteiger partial charge < -0.3 is 4.43 Å². The van der Waals surface area contributed by atoms with Crippen LogP contribution in [0.25, 0.3) is 0 Å². The Labute approximate surface area is 95.7 Å². The molecule has 0 aliphatic rings. The summed E-state index contributed by atoms with van der Waals surface area (Å²) >= 11 is 2.05. The first-order valence-corrected chi connectivity index (χ1v) is 8.98. The van der Waals surface area contributed by atoms with Crippen molar-refractivity contribution in [1.82, 2.24) is 0 Å². The van der Waals surface area contributed by atoms with Crippen LogP contribution < -0.4 is 0 Å². The third kappa shape index (κ3) is 4.74. The van der Waals surface area contributed by atoms with Gasteiger partial charge in [0.15, 0.2) is 8.32 Å². The van der Waals surface area contributed by atoms with E-state index in [4.69, 9.17) is 4.43 Å². The number of hydrogen-bond donors (Lipinski definition) is 0. The maximum atomic E-state index is 12.9. The quantitative estimate of drug-likeness (QED) is 0.435. The molecule has 4 heteroatoms. The van der Waals surface area contributed by atoms with Gasteiger partial charge in [-0.3, -0.25) is 0 Å². The van der Waals surface area contributed by atoms with E-state index >= 15 is 0 Å². The zero-order chi connectivity index (χ0) is 10.7. The summed E-state index contributed by atoms with van der Waals surface area (Å²) in [6.07, 6.45) is -0.810. The van der Waals surface area contributed by atoms with Crippen molar-refractivity contribution in [1.29, 1.82) is 0 Å². The SMILES string of the molecule is CC(C)(C)[Si](C)(C)OCC(F)CI. The summed E-state index contributed by atoms with van der Waals surface area (Å²) in [5, 5.41) is 0.179. The number of rotatable bonds is 4. The largest absolute Gasteiger partial charge is 0.414 e. The monoisotopic (exact) mass is 318 g/mol. The number of halogens is 2.